The van der Waals surface area contributed by atoms with E-state index in [9.17, 15) is 0 Å². The number of nitrogens with two attached hydrogens (primary N) is 1. The van der Waals surface area contributed by atoms with Crippen molar-refractivity contribution in [1.29, 1.82) is 0 Å². The molecule has 0 bridgehead atoms. The van der Waals surface area contributed by atoms with Crippen LogP contribution in [-0.2, 0) is 5.41 Å². The highest BCUT2D eigenvalue weighted by molar-refractivity contribution is 5.23. The molecule has 0 aliphatic rings. The predicted molar refractivity (Wildman–Crippen MR) is 68.2 cm³/mol. The molecule has 0 fully saturated rings. The van der Waals surface area contributed by atoms with Crippen LogP contribution in [0.1, 0.15) is 58.4 Å². The van der Waals surface area contributed by atoms with Crippen LogP contribution in [0, 0.1) is 0 Å². The third-order valence-corrected chi connectivity index (χ3v) is 3.25. The molecule has 0 amide bonds. The molecular weight excluding hydrogens is 198 g/mol. The Morgan fingerprint density at radius 3 is 2.25 bits per heavy atom. The molecule has 2 N–H and O–H groups in total. The monoisotopic (exact) mass is 221 g/mol. The summed E-state index contributed by atoms with van der Waals surface area (Å²) in [6.45, 7) is 6.76. The fraction of sp³-hybridized carbons (Fsp3) is 0.692. The molecule has 16 heavy (non-hydrogen) atoms. The zero-order valence-corrected chi connectivity index (χ0v) is 10.7. The standard InChI is InChI=1S/C13H23N3/c1-4-6-8-13(3,7-5-2)11-9-15-12(14)16-10-11/h9-10H,4-8H2,1-3H3,(H2,14,15,16). The van der Waals surface area contributed by atoms with Gasteiger partial charge in [-0.15, -0.1) is 0 Å². The molecule has 0 aromatic carbocycles. The van der Waals surface area contributed by atoms with Gasteiger partial charge in [0.05, 0.1) is 0 Å². The molecule has 3 heteroatoms. The van der Waals surface area contributed by atoms with Gasteiger partial charge in [0.15, 0.2) is 0 Å². The van der Waals surface area contributed by atoms with Crippen LogP contribution >= 0.6 is 0 Å². The van der Waals surface area contributed by atoms with E-state index in [1.54, 1.807) is 0 Å². The van der Waals surface area contributed by atoms with E-state index < -0.39 is 0 Å². The van der Waals surface area contributed by atoms with Gasteiger partial charge < -0.3 is 5.73 Å². The van der Waals surface area contributed by atoms with Crippen molar-refractivity contribution in [3.05, 3.63) is 18.0 Å². The predicted octanol–water partition coefficient (Wildman–Crippen LogP) is 3.31. The molecule has 0 aliphatic heterocycles. The number of aromatic nitrogens is 2. The van der Waals surface area contributed by atoms with Gasteiger partial charge in [-0.05, 0) is 23.8 Å². The zero-order chi connectivity index (χ0) is 12.0. The van der Waals surface area contributed by atoms with Gasteiger partial charge in [-0.25, -0.2) is 9.97 Å². The minimum Gasteiger partial charge on any atom is -0.368 e. The van der Waals surface area contributed by atoms with E-state index in [2.05, 4.69) is 30.7 Å². The molecule has 1 aromatic heterocycles. The lowest BCUT2D eigenvalue weighted by atomic mass is 9.76. The Labute approximate surface area is 98.5 Å². The van der Waals surface area contributed by atoms with E-state index >= 15 is 0 Å². The maximum Gasteiger partial charge on any atom is 0.219 e. The van der Waals surface area contributed by atoms with Crippen LogP contribution in [0.3, 0.4) is 0 Å². The van der Waals surface area contributed by atoms with Crippen LogP contribution in [0.2, 0.25) is 0 Å². The van der Waals surface area contributed by atoms with Crippen LogP contribution in [0.4, 0.5) is 5.95 Å². The van der Waals surface area contributed by atoms with Crippen molar-refractivity contribution in [2.75, 3.05) is 5.73 Å². The first-order chi connectivity index (χ1) is 7.62. The Balaban J connectivity index is 2.86. The summed E-state index contributed by atoms with van der Waals surface area (Å²) in [5, 5.41) is 0. The maximum atomic E-state index is 5.52. The number of anilines is 1. The summed E-state index contributed by atoms with van der Waals surface area (Å²) in [5.41, 5.74) is 6.95. The van der Waals surface area contributed by atoms with Crippen molar-refractivity contribution >= 4 is 5.95 Å². The van der Waals surface area contributed by atoms with Crippen molar-refractivity contribution in [1.82, 2.24) is 9.97 Å². The van der Waals surface area contributed by atoms with Gasteiger partial charge in [0.1, 0.15) is 0 Å². The third-order valence-electron chi connectivity index (χ3n) is 3.25. The number of unbranched alkanes of at least 4 members (excludes halogenated alkanes) is 1. The Morgan fingerprint density at radius 1 is 1.12 bits per heavy atom. The van der Waals surface area contributed by atoms with E-state index in [1.165, 1.54) is 37.7 Å². The van der Waals surface area contributed by atoms with Crippen molar-refractivity contribution < 1.29 is 0 Å². The van der Waals surface area contributed by atoms with Crippen molar-refractivity contribution in [2.45, 2.75) is 58.3 Å². The molecule has 1 heterocycles. The zero-order valence-electron chi connectivity index (χ0n) is 10.7. The molecule has 0 saturated carbocycles. The van der Waals surface area contributed by atoms with Crippen LogP contribution in [0.15, 0.2) is 12.4 Å². The molecule has 1 aromatic rings. The maximum absolute atomic E-state index is 5.52. The topological polar surface area (TPSA) is 51.8 Å². The second-order valence-corrected chi connectivity index (χ2v) is 4.74. The first-order valence-electron chi connectivity index (χ1n) is 6.20. The second kappa shape index (κ2) is 5.83. The summed E-state index contributed by atoms with van der Waals surface area (Å²) in [4.78, 5) is 8.20. The summed E-state index contributed by atoms with van der Waals surface area (Å²) < 4.78 is 0. The molecular formula is C13H23N3. The second-order valence-electron chi connectivity index (χ2n) is 4.74. The lowest BCUT2D eigenvalue weighted by molar-refractivity contribution is 0.381. The van der Waals surface area contributed by atoms with Crippen LogP contribution in [0.25, 0.3) is 0 Å². The molecule has 0 radical (unpaired) electrons. The third kappa shape index (κ3) is 3.19. The Bertz CT molecular complexity index is 307. The van der Waals surface area contributed by atoms with Gasteiger partial charge in [0.2, 0.25) is 5.95 Å². The summed E-state index contributed by atoms with van der Waals surface area (Å²) in [7, 11) is 0. The SMILES string of the molecule is CCCCC(C)(CCC)c1cnc(N)nc1. The smallest absolute Gasteiger partial charge is 0.219 e. The number of nitrogen functional groups attached to an aromatic ring is 1. The molecule has 90 valence electrons. The molecule has 3 nitrogen and oxygen atoms in total. The fourth-order valence-electron chi connectivity index (χ4n) is 2.18. The van der Waals surface area contributed by atoms with Gasteiger partial charge in [0.25, 0.3) is 0 Å². The highest BCUT2D eigenvalue weighted by Crippen LogP contribution is 2.33. The van der Waals surface area contributed by atoms with E-state index in [1.807, 2.05) is 12.4 Å². The molecule has 1 rings (SSSR count). The minimum atomic E-state index is 0.207. The summed E-state index contributed by atoms with van der Waals surface area (Å²) in [5.74, 6) is 0.359. The van der Waals surface area contributed by atoms with E-state index in [0.717, 1.165) is 0 Å². The van der Waals surface area contributed by atoms with Gasteiger partial charge in [0, 0.05) is 12.4 Å². The van der Waals surface area contributed by atoms with Crippen molar-refractivity contribution in [2.24, 2.45) is 0 Å². The number of nitrogens with zero attached hydrogens (tertiary/aromatic N) is 2. The normalized spacial score (nSPS) is 14.7. The van der Waals surface area contributed by atoms with Gasteiger partial charge in [-0.3, -0.25) is 0 Å². The summed E-state index contributed by atoms with van der Waals surface area (Å²) in [6, 6.07) is 0. The molecule has 1 unspecified atom stereocenters. The summed E-state index contributed by atoms with van der Waals surface area (Å²) >= 11 is 0. The van der Waals surface area contributed by atoms with Gasteiger partial charge >= 0.3 is 0 Å². The average molecular weight is 221 g/mol. The number of hydrogen-bond donors (Lipinski definition) is 1. The van der Waals surface area contributed by atoms with Crippen molar-refractivity contribution in [3.63, 3.8) is 0 Å². The van der Waals surface area contributed by atoms with Crippen LogP contribution < -0.4 is 5.73 Å². The lowest BCUT2D eigenvalue weighted by Crippen LogP contribution is -2.22. The average Bonchev–Trinajstić information content (AvgIpc) is 2.27. The Kier molecular flexibility index (Phi) is 4.71. The first-order valence-corrected chi connectivity index (χ1v) is 6.20. The minimum absolute atomic E-state index is 0.207. The number of rotatable bonds is 6. The van der Waals surface area contributed by atoms with E-state index in [0.29, 0.717) is 5.95 Å². The highest BCUT2D eigenvalue weighted by atomic mass is 15.0. The fourth-order valence-corrected chi connectivity index (χ4v) is 2.18. The molecule has 0 spiro atoms. The highest BCUT2D eigenvalue weighted by Gasteiger charge is 2.25. The Morgan fingerprint density at radius 2 is 1.75 bits per heavy atom. The quantitative estimate of drug-likeness (QED) is 0.801. The van der Waals surface area contributed by atoms with Gasteiger partial charge in [-0.1, -0.05) is 40.0 Å². The first kappa shape index (κ1) is 12.9. The lowest BCUT2D eigenvalue weighted by Gasteiger charge is -2.29. The van der Waals surface area contributed by atoms with Crippen molar-refractivity contribution in [3.8, 4) is 0 Å². The Hall–Kier alpha value is -1.12. The molecule has 0 aliphatic carbocycles. The summed E-state index contributed by atoms with van der Waals surface area (Å²) in [6.07, 6.45) is 9.81. The van der Waals surface area contributed by atoms with Crippen LogP contribution in [0.5, 0.6) is 0 Å². The molecule has 0 saturated heterocycles. The van der Waals surface area contributed by atoms with E-state index in [4.69, 9.17) is 5.73 Å². The van der Waals surface area contributed by atoms with Crippen LogP contribution in [-0.4, -0.2) is 9.97 Å². The number of hydrogen-bond acceptors (Lipinski definition) is 3. The van der Waals surface area contributed by atoms with Gasteiger partial charge in [-0.2, -0.15) is 0 Å². The largest absolute Gasteiger partial charge is 0.368 e. The molecule has 1 atom stereocenters. The van der Waals surface area contributed by atoms with E-state index in [-0.39, 0.29) is 5.41 Å².